The SMILES string of the molecule is CC(=O)N[C@@H]1[C@H](OCCOCCOCCOP(O)(=S)OCCCOCC(COCCCOP(O)(=S)OCCOCCOCCO[C@@H]2O[C@H](CO)[C@H](O)[C@H](O)[C@@H]2NC(C)=O)(COCCCOP(O)(=S)OCCOCCOCCO[C@@H]2O[C@H](CO)[C@H](O)[C@H](O)[C@@H]2NC(C)=O)COP(C)(O)=S)O[C@H](CO)[C@H](O)[C@@H]1O. The molecule has 3 rings (SSSR count). The lowest BCUT2D eigenvalue weighted by Gasteiger charge is -2.42. The van der Waals surface area contributed by atoms with E-state index >= 15 is 0 Å². The standard InChI is InChI=1S/C57H111N3O38P4S4/c1-39(64)58-45-51(70)48(67)42(32-61)96-54(45)86-26-20-77-14-17-80-23-29-92-100(74,104)89-11-5-8-83-35-57(38-95-99(4,73)103,36-84-9-6-12-90-101(75,105)93-30-24-81-18-15-78-21-27-87-55-46(59-40(2)65)52(71)49(68)43(33-62)97-55)37-85-10-7-13-91-102(76,106)94-31-25-82-19-16-79-22-28-88-56-47(60-41(3)66)53(72)50(69)44(34-63)98-56/h42-56,61-63,67-72H,5-38H2,1-4H3,(H,58,64)(H,59,65)(H,60,66)(H,73,103)(H,74,104)(H,75,105)(H,76,106)/t42-,43-,44-,45+,46+,47+,48+,49+,50+,51-,52-,53-,54-,55-,56-,57?,99?,100?,101?,102?/m1/s1. The number of nitrogens with one attached hydrogen (secondary N) is 3. The predicted molar refractivity (Wildman–Crippen MR) is 381 cm³/mol. The molecule has 19 atom stereocenters. The van der Waals surface area contributed by atoms with Gasteiger partial charge in [-0.3, -0.25) is 14.4 Å². The Kier molecular flexibility index (Phi) is 52.0. The smallest absolute Gasteiger partial charge is 0.324 e. The normalized spacial score (nSPS) is 27.8. The molecule has 0 aromatic heterocycles. The van der Waals surface area contributed by atoms with Gasteiger partial charge in [-0.25, -0.2) is 0 Å². The second-order valence-corrected chi connectivity index (χ2v) is 36.2. The number of amides is 3. The molecule has 3 amide bonds. The molecule has 3 aliphatic heterocycles. The first-order valence-corrected chi connectivity index (χ1v) is 44.7. The summed E-state index contributed by atoms with van der Waals surface area (Å²) in [5, 5.41) is 97.8. The van der Waals surface area contributed by atoms with E-state index in [0.29, 0.717) is 0 Å². The van der Waals surface area contributed by atoms with E-state index in [4.69, 9.17) is 150 Å². The van der Waals surface area contributed by atoms with E-state index in [-0.39, 0.29) is 204 Å². The zero-order valence-corrected chi connectivity index (χ0v) is 66.5. The van der Waals surface area contributed by atoms with Crippen molar-refractivity contribution in [3.05, 3.63) is 0 Å². The van der Waals surface area contributed by atoms with Gasteiger partial charge in [-0.05, 0) is 66.5 Å². The van der Waals surface area contributed by atoms with Crippen molar-refractivity contribution in [1.82, 2.24) is 16.0 Å². The summed E-state index contributed by atoms with van der Waals surface area (Å²) in [6.07, 6.45) is -15.0. The molecule has 0 spiro atoms. The summed E-state index contributed by atoms with van der Waals surface area (Å²) >= 11 is 20.7. The highest BCUT2D eigenvalue weighted by molar-refractivity contribution is 8.09. The number of aliphatic hydroxyl groups is 9. The number of hydrogen-bond acceptors (Lipinski definition) is 38. The molecule has 0 saturated carbocycles. The van der Waals surface area contributed by atoms with Crippen molar-refractivity contribution in [2.75, 3.05) is 211 Å². The summed E-state index contributed by atoms with van der Waals surface area (Å²) in [6.45, 7) is -11.3. The minimum absolute atomic E-state index is 0.0163. The molecular weight excluding hydrogens is 1590 g/mol. The van der Waals surface area contributed by atoms with Gasteiger partial charge in [0.25, 0.3) is 0 Å². The Morgan fingerprint density at radius 2 is 0.575 bits per heavy atom. The van der Waals surface area contributed by atoms with Crippen LogP contribution < -0.4 is 16.0 Å². The molecule has 0 aromatic rings. The Morgan fingerprint density at radius 1 is 0.340 bits per heavy atom. The predicted octanol–water partition coefficient (Wildman–Crippen LogP) is -5.13. The number of carbonyl (C=O) groups is 3. The molecule has 4 unspecified atom stereocenters. The van der Waals surface area contributed by atoms with Crippen molar-refractivity contribution in [1.29, 1.82) is 0 Å². The fourth-order valence-corrected chi connectivity index (χ4v) is 13.8. The van der Waals surface area contributed by atoms with Gasteiger partial charge in [-0.2, -0.15) is 0 Å². The van der Waals surface area contributed by atoms with Crippen LogP contribution in [0.15, 0.2) is 0 Å². The van der Waals surface area contributed by atoms with Gasteiger partial charge in [0.2, 0.25) is 17.7 Å². The molecule has 3 saturated heterocycles. The van der Waals surface area contributed by atoms with Crippen molar-refractivity contribution in [2.45, 2.75) is 132 Å². The Morgan fingerprint density at radius 3 is 0.811 bits per heavy atom. The highest BCUT2D eigenvalue weighted by atomic mass is 32.5. The zero-order chi connectivity index (χ0) is 78.6. The first-order chi connectivity index (χ1) is 50.3. The molecular formula is C57H111N3O38P4S4. The largest absolute Gasteiger partial charge is 0.394 e. The van der Waals surface area contributed by atoms with Crippen molar-refractivity contribution >= 4 is 91.6 Å². The van der Waals surface area contributed by atoms with Gasteiger partial charge in [0.15, 0.2) is 25.4 Å². The zero-order valence-electron chi connectivity index (χ0n) is 59.6. The minimum Gasteiger partial charge on any atom is -0.394 e. The fourth-order valence-electron chi connectivity index (χ4n) is 9.62. The Hall–Kier alpha value is -0.390. The molecule has 106 heavy (non-hydrogen) atoms. The molecule has 0 aromatic carbocycles. The average Bonchev–Trinajstić information content (AvgIpc) is 0.819. The van der Waals surface area contributed by atoms with Crippen molar-refractivity contribution < 1.29 is 183 Å². The van der Waals surface area contributed by atoms with Crippen LogP contribution in [0.3, 0.4) is 0 Å². The first kappa shape index (κ1) is 99.8. The second-order valence-electron chi connectivity index (χ2n) is 23.8. The van der Waals surface area contributed by atoms with Gasteiger partial charge in [-0.1, -0.05) is 0 Å². The number of ether oxygens (including phenoxy) is 15. The number of carbonyl (C=O) groups excluding carboxylic acids is 3. The Bertz CT molecular complexity index is 2360. The molecule has 16 N–H and O–H groups in total. The number of rotatable bonds is 63. The molecule has 626 valence electrons. The minimum atomic E-state index is -3.72. The summed E-state index contributed by atoms with van der Waals surface area (Å²) in [4.78, 5) is 77.6. The second kappa shape index (κ2) is 55.2. The maximum atomic E-state index is 11.7. The van der Waals surface area contributed by atoms with Crippen LogP contribution in [-0.4, -0.2) is 387 Å². The monoisotopic (exact) mass is 1700 g/mol. The lowest BCUT2D eigenvalue weighted by atomic mass is 9.92. The van der Waals surface area contributed by atoms with E-state index in [1.165, 1.54) is 27.4 Å². The topological polar surface area (TPSA) is 553 Å². The number of aliphatic hydroxyl groups excluding tert-OH is 9. The quantitative estimate of drug-likeness (QED) is 0.0200. The molecule has 0 bridgehead atoms. The molecule has 3 heterocycles. The van der Waals surface area contributed by atoms with Crippen LogP contribution >= 0.6 is 26.6 Å². The fraction of sp³-hybridized carbons (Fsp3) is 0.947. The van der Waals surface area contributed by atoms with E-state index in [1.54, 1.807) is 0 Å². The Balaban J connectivity index is 1.43. The van der Waals surface area contributed by atoms with Crippen LogP contribution in [0.5, 0.6) is 0 Å². The summed E-state index contributed by atoms with van der Waals surface area (Å²) in [5.41, 5.74) is -1.13. The third-order valence-electron chi connectivity index (χ3n) is 14.7. The van der Waals surface area contributed by atoms with Crippen LogP contribution in [0.2, 0.25) is 0 Å². The van der Waals surface area contributed by atoms with Crippen LogP contribution in [0.25, 0.3) is 0 Å². The van der Waals surface area contributed by atoms with Gasteiger partial charge >= 0.3 is 20.2 Å². The van der Waals surface area contributed by atoms with Gasteiger partial charge in [0.05, 0.1) is 190 Å². The van der Waals surface area contributed by atoms with Crippen molar-refractivity contribution in [3.8, 4) is 0 Å². The third-order valence-corrected chi connectivity index (χ3v) is 20.6. The molecule has 41 nitrogen and oxygen atoms in total. The summed E-state index contributed by atoms with van der Waals surface area (Å²) < 4.78 is 123. The average molecular weight is 1700 g/mol. The van der Waals surface area contributed by atoms with E-state index in [9.17, 15) is 79.9 Å². The van der Waals surface area contributed by atoms with Crippen LogP contribution in [0.4, 0.5) is 0 Å². The van der Waals surface area contributed by atoms with Crippen molar-refractivity contribution in [2.24, 2.45) is 5.41 Å². The van der Waals surface area contributed by atoms with Gasteiger partial charge < -0.3 is 184 Å². The maximum absolute atomic E-state index is 11.7. The lowest BCUT2D eigenvalue weighted by Crippen LogP contribution is -2.64. The van der Waals surface area contributed by atoms with E-state index in [1.807, 2.05) is 0 Å². The Labute approximate surface area is 636 Å². The highest BCUT2D eigenvalue weighted by Gasteiger charge is 2.48. The third kappa shape index (κ3) is 42.8. The summed E-state index contributed by atoms with van der Waals surface area (Å²) in [5.74, 6) is -1.48. The van der Waals surface area contributed by atoms with Gasteiger partial charge in [0.1, 0.15) is 73.1 Å². The van der Waals surface area contributed by atoms with Crippen LogP contribution in [0.1, 0.15) is 40.0 Å². The van der Waals surface area contributed by atoms with E-state index < -0.39 is 162 Å². The van der Waals surface area contributed by atoms with Crippen LogP contribution in [-0.2, 0) is 164 Å². The summed E-state index contributed by atoms with van der Waals surface area (Å²) in [6, 6.07) is -3.30. The molecule has 49 heteroatoms. The maximum Gasteiger partial charge on any atom is 0.324 e. The molecule has 3 fully saturated rings. The molecule has 0 radical (unpaired) electrons. The van der Waals surface area contributed by atoms with E-state index in [0.717, 1.165) is 0 Å². The van der Waals surface area contributed by atoms with E-state index in [2.05, 4.69) is 16.0 Å². The van der Waals surface area contributed by atoms with Crippen LogP contribution in [0, 0.1) is 5.41 Å². The molecule has 3 aliphatic rings. The first-order valence-electron chi connectivity index (χ1n) is 33.8. The lowest BCUT2D eigenvalue weighted by molar-refractivity contribution is -0.272. The number of hydrogen-bond donors (Lipinski definition) is 16. The highest BCUT2D eigenvalue weighted by Crippen LogP contribution is 2.46. The summed E-state index contributed by atoms with van der Waals surface area (Å²) in [7, 11) is 0. The van der Waals surface area contributed by atoms with Gasteiger partial charge in [0, 0.05) is 47.3 Å². The van der Waals surface area contributed by atoms with Crippen molar-refractivity contribution in [3.63, 3.8) is 0 Å². The van der Waals surface area contributed by atoms with Gasteiger partial charge in [-0.15, -0.1) is 0 Å². The molecule has 0 aliphatic carbocycles.